The molecule has 1 aliphatic carbocycles. The standard InChI is InChI=1S/C7H12FN/c1-5(6-2-3-6)7(8)4-9/h6H,2-4,9H2,1H3. The van der Waals surface area contributed by atoms with E-state index < -0.39 is 0 Å². The number of hydrogen-bond donors (Lipinski definition) is 1. The zero-order valence-electron chi connectivity index (χ0n) is 5.65. The second kappa shape index (κ2) is 2.48. The Morgan fingerprint density at radius 1 is 1.67 bits per heavy atom. The van der Waals surface area contributed by atoms with Gasteiger partial charge in [-0.05, 0) is 31.3 Å². The van der Waals surface area contributed by atoms with Crippen LogP contribution >= 0.6 is 0 Å². The summed E-state index contributed by atoms with van der Waals surface area (Å²) in [5, 5.41) is 0. The van der Waals surface area contributed by atoms with Gasteiger partial charge in [0.15, 0.2) is 0 Å². The van der Waals surface area contributed by atoms with E-state index in [4.69, 9.17) is 5.73 Å². The number of hydrogen-bond acceptors (Lipinski definition) is 1. The van der Waals surface area contributed by atoms with Gasteiger partial charge in [0.25, 0.3) is 0 Å². The first kappa shape index (κ1) is 6.75. The van der Waals surface area contributed by atoms with Crippen molar-refractivity contribution in [1.29, 1.82) is 0 Å². The highest BCUT2D eigenvalue weighted by Gasteiger charge is 2.25. The predicted molar refractivity (Wildman–Crippen MR) is 35.6 cm³/mol. The molecule has 2 N–H and O–H groups in total. The maximum atomic E-state index is 12.6. The van der Waals surface area contributed by atoms with Crippen molar-refractivity contribution >= 4 is 0 Å². The molecule has 0 unspecified atom stereocenters. The van der Waals surface area contributed by atoms with Crippen LogP contribution in [-0.2, 0) is 0 Å². The van der Waals surface area contributed by atoms with Crippen molar-refractivity contribution in [2.45, 2.75) is 19.8 Å². The van der Waals surface area contributed by atoms with Gasteiger partial charge in [0.1, 0.15) is 5.83 Å². The third-order valence-corrected chi connectivity index (χ3v) is 1.80. The summed E-state index contributed by atoms with van der Waals surface area (Å²) in [6, 6.07) is 0. The molecule has 0 aliphatic heterocycles. The summed E-state index contributed by atoms with van der Waals surface area (Å²) in [6.07, 6.45) is 2.30. The maximum Gasteiger partial charge on any atom is 0.113 e. The minimum atomic E-state index is -0.113. The molecule has 0 atom stereocenters. The fourth-order valence-corrected chi connectivity index (χ4v) is 0.899. The van der Waals surface area contributed by atoms with E-state index >= 15 is 0 Å². The largest absolute Gasteiger partial charge is 0.325 e. The Bertz CT molecular complexity index is 136. The molecule has 0 heterocycles. The fraction of sp³-hybridized carbons (Fsp3) is 0.714. The summed E-state index contributed by atoms with van der Waals surface area (Å²) >= 11 is 0. The summed E-state index contributed by atoms with van der Waals surface area (Å²) < 4.78 is 12.6. The third kappa shape index (κ3) is 1.52. The van der Waals surface area contributed by atoms with E-state index in [-0.39, 0.29) is 12.4 Å². The van der Waals surface area contributed by atoms with E-state index in [1.165, 1.54) is 0 Å². The lowest BCUT2D eigenvalue weighted by Gasteiger charge is -1.97. The van der Waals surface area contributed by atoms with Crippen molar-refractivity contribution < 1.29 is 4.39 Å². The third-order valence-electron chi connectivity index (χ3n) is 1.80. The molecule has 0 saturated heterocycles. The number of halogens is 1. The average molecular weight is 129 g/mol. The fourth-order valence-electron chi connectivity index (χ4n) is 0.899. The van der Waals surface area contributed by atoms with Crippen molar-refractivity contribution in [3.05, 3.63) is 11.4 Å². The van der Waals surface area contributed by atoms with Crippen LogP contribution in [0.15, 0.2) is 11.4 Å². The molecular weight excluding hydrogens is 117 g/mol. The first-order chi connectivity index (χ1) is 4.25. The maximum absolute atomic E-state index is 12.6. The lowest BCUT2D eigenvalue weighted by molar-refractivity contribution is 0.595. The molecule has 0 bridgehead atoms. The van der Waals surface area contributed by atoms with Crippen LogP contribution in [-0.4, -0.2) is 6.54 Å². The molecule has 0 spiro atoms. The van der Waals surface area contributed by atoms with E-state index in [2.05, 4.69) is 0 Å². The molecule has 52 valence electrons. The number of rotatable bonds is 2. The Morgan fingerprint density at radius 2 is 2.22 bits per heavy atom. The lowest BCUT2D eigenvalue weighted by Crippen LogP contribution is -2.01. The van der Waals surface area contributed by atoms with Crippen molar-refractivity contribution in [1.82, 2.24) is 0 Å². The van der Waals surface area contributed by atoms with Crippen molar-refractivity contribution in [2.24, 2.45) is 11.7 Å². The zero-order valence-corrected chi connectivity index (χ0v) is 5.65. The van der Waals surface area contributed by atoms with Gasteiger partial charge in [-0.15, -0.1) is 0 Å². The normalized spacial score (nSPS) is 21.7. The minimum absolute atomic E-state index is 0.0718. The highest BCUT2D eigenvalue weighted by molar-refractivity contribution is 5.14. The molecule has 1 saturated carbocycles. The smallest absolute Gasteiger partial charge is 0.113 e. The van der Waals surface area contributed by atoms with Crippen LogP contribution in [0.4, 0.5) is 4.39 Å². The molecule has 1 rings (SSSR count). The molecule has 0 aromatic heterocycles. The SMILES string of the molecule is CC(=C(F)CN)C1CC1. The quantitative estimate of drug-likeness (QED) is 0.602. The summed E-state index contributed by atoms with van der Waals surface area (Å²) in [6.45, 7) is 1.90. The molecule has 0 radical (unpaired) electrons. The van der Waals surface area contributed by atoms with E-state index in [0.29, 0.717) is 5.92 Å². The molecule has 1 fully saturated rings. The Balaban J connectivity index is 2.53. The molecule has 1 nitrogen and oxygen atoms in total. The second-order valence-corrected chi connectivity index (χ2v) is 2.57. The Hall–Kier alpha value is -0.370. The summed E-state index contributed by atoms with van der Waals surface area (Å²) in [7, 11) is 0. The van der Waals surface area contributed by atoms with Gasteiger partial charge in [-0.25, -0.2) is 4.39 Å². The van der Waals surface area contributed by atoms with E-state index in [0.717, 1.165) is 18.4 Å². The topological polar surface area (TPSA) is 26.0 Å². The van der Waals surface area contributed by atoms with Crippen molar-refractivity contribution in [3.8, 4) is 0 Å². The van der Waals surface area contributed by atoms with Crippen LogP contribution < -0.4 is 5.73 Å². The van der Waals surface area contributed by atoms with Gasteiger partial charge in [-0.2, -0.15) is 0 Å². The van der Waals surface area contributed by atoms with E-state index in [1.807, 2.05) is 6.92 Å². The summed E-state index contributed by atoms with van der Waals surface area (Å²) in [5.74, 6) is 0.408. The van der Waals surface area contributed by atoms with Crippen molar-refractivity contribution in [2.75, 3.05) is 6.54 Å². The first-order valence-corrected chi connectivity index (χ1v) is 3.31. The van der Waals surface area contributed by atoms with Crippen LogP contribution in [0.25, 0.3) is 0 Å². The number of allylic oxidation sites excluding steroid dienone is 1. The van der Waals surface area contributed by atoms with Crippen LogP contribution in [0.1, 0.15) is 19.8 Å². The van der Waals surface area contributed by atoms with Gasteiger partial charge < -0.3 is 5.73 Å². The van der Waals surface area contributed by atoms with Gasteiger partial charge in [0.2, 0.25) is 0 Å². The van der Waals surface area contributed by atoms with Crippen LogP contribution in [0.2, 0.25) is 0 Å². The van der Waals surface area contributed by atoms with Crippen LogP contribution in [0, 0.1) is 5.92 Å². The van der Waals surface area contributed by atoms with Gasteiger partial charge in [0.05, 0.1) is 0 Å². The molecule has 0 amide bonds. The molecule has 9 heavy (non-hydrogen) atoms. The first-order valence-electron chi connectivity index (χ1n) is 3.31. The molecular formula is C7H12FN. The zero-order chi connectivity index (χ0) is 6.85. The number of nitrogens with two attached hydrogens (primary N) is 1. The molecule has 1 aliphatic rings. The van der Waals surface area contributed by atoms with Crippen molar-refractivity contribution in [3.63, 3.8) is 0 Å². The van der Waals surface area contributed by atoms with Gasteiger partial charge in [-0.1, -0.05) is 0 Å². The Kier molecular flexibility index (Phi) is 1.86. The summed E-state index contributed by atoms with van der Waals surface area (Å²) in [4.78, 5) is 0. The van der Waals surface area contributed by atoms with E-state index in [9.17, 15) is 4.39 Å². The second-order valence-electron chi connectivity index (χ2n) is 2.57. The monoisotopic (exact) mass is 129 g/mol. The highest BCUT2D eigenvalue weighted by Crippen LogP contribution is 2.37. The lowest BCUT2D eigenvalue weighted by atomic mass is 10.2. The molecule has 0 aromatic rings. The van der Waals surface area contributed by atoms with Gasteiger partial charge in [0, 0.05) is 6.54 Å². The van der Waals surface area contributed by atoms with E-state index in [1.54, 1.807) is 0 Å². The summed E-state index contributed by atoms with van der Waals surface area (Å²) in [5.41, 5.74) is 5.98. The molecule has 2 heteroatoms. The van der Waals surface area contributed by atoms with Crippen LogP contribution in [0.5, 0.6) is 0 Å². The molecule has 0 aromatic carbocycles. The van der Waals surface area contributed by atoms with Crippen LogP contribution in [0.3, 0.4) is 0 Å². The Morgan fingerprint density at radius 3 is 2.56 bits per heavy atom. The Labute approximate surface area is 54.7 Å². The van der Waals surface area contributed by atoms with Gasteiger partial charge in [-0.3, -0.25) is 0 Å². The predicted octanol–water partition coefficient (Wildman–Crippen LogP) is 1.60. The average Bonchev–Trinajstić information content (AvgIpc) is 2.66. The van der Waals surface area contributed by atoms with Gasteiger partial charge >= 0.3 is 0 Å². The minimum Gasteiger partial charge on any atom is -0.325 e. The highest BCUT2D eigenvalue weighted by atomic mass is 19.1.